The number of hydrogen-bond donors (Lipinski definition) is 1. The number of ether oxygens (including phenoxy) is 1. The molecule has 1 unspecified atom stereocenters. The van der Waals surface area contributed by atoms with Gasteiger partial charge in [0.2, 0.25) is 0 Å². The number of hydrogen-bond acceptors (Lipinski definition) is 3. The summed E-state index contributed by atoms with van der Waals surface area (Å²) in [5, 5.41) is 3.72. The molecule has 0 aromatic rings. The number of rotatable bonds is 9. The first-order valence-electron chi connectivity index (χ1n) is 7.40. The second kappa shape index (κ2) is 9.86. The molecular weight excluding hydrogens is 212 g/mol. The third-order valence-electron chi connectivity index (χ3n) is 3.51. The third kappa shape index (κ3) is 7.02. The monoisotopic (exact) mass is 242 g/mol. The van der Waals surface area contributed by atoms with Crippen molar-refractivity contribution in [3.05, 3.63) is 0 Å². The van der Waals surface area contributed by atoms with Gasteiger partial charge < -0.3 is 10.1 Å². The van der Waals surface area contributed by atoms with Crippen LogP contribution in [0.15, 0.2) is 0 Å². The molecule has 0 saturated carbocycles. The Balaban J connectivity index is 2.07. The molecular formula is C14H30N2O. The quantitative estimate of drug-likeness (QED) is 0.671. The third-order valence-corrected chi connectivity index (χ3v) is 3.51. The van der Waals surface area contributed by atoms with Crippen LogP contribution in [-0.4, -0.2) is 50.3 Å². The van der Waals surface area contributed by atoms with Crippen molar-refractivity contribution in [2.24, 2.45) is 0 Å². The van der Waals surface area contributed by atoms with Gasteiger partial charge in [-0.2, -0.15) is 0 Å². The zero-order chi connectivity index (χ0) is 12.3. The highest BCUT2D eigenvalue weighted by molar-refractivity contribution is 4.69. The van der Waals surface area contributed by atoms with E-state index >= 15 is 0 Å². The second-order valence-corrected chi connectivity index (χ2v) is 5.04. The zero-order valence-electron chi connectivity index (χ0n) is 11.7. The highest BCUT2D eigenvalue weighted by Gasteiger charge is 2.11. The Bertz CT molecular complexity index is 170. The zero-order valence-corrected chi connectivity index (χ0v) is 11.7. The van der Waals surface area contributed by atoms with Crippen LogP contribution in [0.3, 0.4) is 0 Å². The van der Waals surface area contributed by atoms with Crippen molar-refractivity contribution in [3.8, 4) is 0 Å². The van der Waals surface area contributed by atoms with Gasteiger partial charge in [0.15, 0.2) is 0 Å². The van der Waals surface area contributed by atoms with Crippen molar-refractivity contribution >= 4 is 0 Å². The minimum atomic E-state index is 0.737. The van der Waals surface area contributed by atoms with Crippen molar-refractivity contribution < 1.29 is 4.74 Å². The van der Waals surface area contributed by atoms with E-state index in [1.54, 1.807) is 0 Å². The molecule has 3 nitrogen and oxygen atoms in total. The van der Waals surface area contributed by atoms with E-state index in [9.17, 15) is 0 Å². The van der Waals surface area contributed by atoms with Crippen molar-refractivity contribution in [2.45, 2.75) is 52.0 Å². The first-order valence-corrected chi connectivity index (χ1v) is 7.40. The van der Waals surface area contributed by atoms with Crippen molar-refractivity contribution in [1.82, 2.24) is 10.2 Å². The predicted octanol–water partition coefficient (Wildman–Crippen LogP) is 2.27. The summed E-state index contributed by atoms with van der Waals surface area (Å²) in [5.41, 5.74) is 0. The summed E-state index contributed by atoms with van der Waals surface area (Å²) in [6.45, 7) is 10.9. The van der Waals surface area contributed by atoms with E-state index in [4.69, 9.17) is 4.74 Å². The summed E-state index contributed by atoms with van der Waals surface area (Å²) < 4.78 is 5.36. The van der Waals surface area contributed by atoms with E-state index in [2.05, 4.69) is 24.1 Å². The number of unbranched alkanes of at least 4 members (excludes halogenated alkanes) is 1. The normalized spacial score (nSPS) is 19.4. The van der Waals surface area contributed by atoms with Gasteiger partial charge in [-0.25, -0.2) is 0 Å². The van der Waals surface area contributed by atoms with Crippen molar-refractivity contribution in [3.63, 3.8) is 0 Å². The summed E-state index contributed by atoms with van der Waals surface area (Å²) in [7, 11) is 0. The maximum absolute atomic E-state index is 5.36. The topological polar surface area (TPSA) is 24.5 Å². The molecule has 1 heterocycles. The van der Waals surface area contributed by atoms with Gasteiger partial charge in [-0.05, 0) is 12.8 Å². The van der Waals surface area contributed by atoms with Crippen LogP contribution in [0, 0.1) is 0 Å². The molecule has 3 heteroatoms. The Morgan fingerprint density at radius 2 is 1.88 bits per heavy atom. The van der Waals surface area contributed by atoms with Gasteiger partial charge in [0.05, 0.1) is 13.2 Å². The second-order valence-electron chi connectivity index (χ2n) is 5.04. The Morgan fingerprint density at radius 1 is 1.12 bits per heavy atom. The summed E-state index contributed by atoms with van der Waals surface area (Å²) in [6.07, 6.45) is 6.62. The largest absolute Gasteiger partial charge is 0.379 e. The maximum atomic E-state index is 5.36. The molecule has 0 aromatic heterocycles. The molecule has 1 aliphatic heterocycles. The van der Waals surface area contributed by atoms with Gasteiger partial charge in [-0.15, -0.1) is 0 Å². The summed E-state index contributed by atoms with van der Waals surface area (Å²) in [6, 6.07) is 0.737. The van der Waals surface area contributed by atoms with Crippen LogP contribution < -0.4 is 5.32 Å². The standard InChI is InChI=1S/C14H30N2O/c1-3-5-7-14(6-4-2)15-8-9-16-10-12-17-13-11-16/h14-15H,3-13H2,1-2H3. The van der Waals surface area contributed by atoms with Crippen LogP contribution in [0.2, 0.25) is 0 Å². The van der Waals surface area contributed by atoms with Gasteiger partial charge in [-0.1, -0.05) is 33.1 Å². The molecule has 1 fully saturated rings. The summed E-state index contributed by atoms with van der Waals surface area (Å²) in [4.78, 5) is 2.50. The lowest BCUT2D eigenvalue weighted by molar-refractivity contribution is 0.0380. The predicted molar refractivity (Wildman–Crippen MR) is 73.5 cm³/mol. The average molecular weight is 242 g/mol. The molecule has 1 N–H and O–H groups in total. The van der Waals surface area contributed by atoms with Gasteiger partial charge in [0.1, 0.15) is 0 Å². The van der Waals surface area contributed by atoms with Crippen LogP contribution in [0.5, 0.6) is 0 Å². The molecule has 1 rings (SSSR count). The van der Waals surface area contributed by atoms with Gasteiger partial charge in [-0.3, -0.25) is 4.90 Å². The van der Waals surface area contributed by atoms with Crippen molar-refractivity contribution in [1.29, 1.82) is 0 Å². The number of nitrogens with one attached hydrogen (secondary N) is 1. The fraction of sp³-hybridized carbons (Fsp3) is 1.00. The van der Waals surface area contributed by atoms with Crippen molar-refractivity contribution in [2.75, 3.05) is 39.4 Å². The molecule has 0 amide bonds. The first kappa shape index (κ1) is 14.9. The number of morpholine rings is 1. The van der Waals surface area contributed by atoms with Gasteiger partial charge in [0, 0.05) is 32.2 Å². The van der Waals surface area contributed by atoms with E-state index in [0.29, 0.717) is 0 Å². The van der Waals surface area contributed by atoms with Crippen LogP contribution >= 0.6 is 0 Å². The van der Waals surface area contributed by atoms with Crippen LogP contribution in [0.25, 0.3) is 0 Å². The van der Waals surface area contributed by atoms with E-state index in [-0.39, 0.29) is 0 Å². The lowest BCUT2D eigenvalue weighted by Gasteiger charge is -2.27. The lowest BCUT2D eigenvalue weighted by atomic mass is 10.1. The Labute approximate surface area is 107 Å². The van der Waals surface area contributed by atoms with Gasteiger partial charge >= 0.3 is 0 Å². The Hall–Kier alpha value is -0.120. The van der Waals surface area contributed by atoms with Crippen LogP contribution in [0.1, 0.15) is 46.0 Å². The molecule has 1 saturated heterocycles. The molecule has 0 aromatic carbocycles. The van der Waals surface area contributed by atoms with Crippen LogP contribution in [0.4, 0.5) is 0 Å². The summed E-state index contributed by atoms with van der Waals surface area (Å²) in [5.74, 6) is 0. The average Bonchev–Trinajstić information content (AvgIpc) is 2.37. The SMILES string of the molecule is CCCCC(CCC)NCCN1CCOCC1. The minimum absolute atomic E-state index is 0.737. The first-order chi connectivity index (χ1) is 8.36. The van der Waals surface area contributed by atoms with Gasteiger partial charge in [0.25, 0.3) is 0 Å². The molecule has 0 radical (unpaired) electrons. The molecule has 1 aliphatic rings. The summed E-state index contributed by atoms with van der Waals surface area (Å²) >= 11 is 0. The molecule has 0 bridgehead atoms. The lowest BCUT2D eigenvalue weighted by Crippen LogP contribution is -2.42. The highest BCUT2D eigenvalue weighted by atomic mass is 16.5. The van der Waals surface area contributed by atoms with Crippen LogP contribution in [-0.2, 0) is 4.74 Å². The molecule has 17 heavy (non-hydrogen) atoms. The molecule has 102 valence electrons. The van der Waals surface area contributed by atoms with E-state index < -0.39 is 0 Å². The molecule has 0 aliphatic carbocycles. The van der Waals surface area contributed by atoms with E-state index in [0.717, 1.165) is 38.9 Å². The van der Waals surface area contributed by atoms with E-state index in [1.807, 2.05) is 0 Å². The highest BCUT2D eigenvalue weighted by Crippen LogP contribution is 2.06. The molecule has 0 spiro atoms. The Kier molecular flexibility index (Phi) is 8.67. The molecule has 1 atom stereocenters. The van der Waals surface area contributed by atoms with E-state index in [1.165, 1.54) is 38.6 Å². The minimum Gasteiger partial charge on any atom is -0.379 e. The Morgan fingerprint density at radius 3 is 2.53 bits per heavy atom. The fourth-order valence-corrected chi connectivity index (χ4v) is 2.40. The maximum Gasteiger partial charge on any atom is 0.0594 e. The fourth-order valence-electron chi connectivity index (χ4n) is 2.40. The smallest absolute Gasteiger partial charge is 0.0594 e. The number of nitrogens with zero attached hydrogens (tertiary/aromatic N) is 1.